The minimum atomic E-state index is 0.142. The van der Waals surface area contributed by atoms with Crippen molar-refractivity contribution in [3.8, 4) is 28.4 Å². The van der Waals surface area contributed by atoms with Crippen molar-refractivity contribution in [1.29, 1.82) is 0 Å². The van der Waals surface area contributed by atoms with Crippen LogP contribution < -0.4 is 25.7 Å². The summed E-state index contributed by atoms with van der Waals surface area (Å²) >= 11 is 0. The van der Waals surface area contributed by atoms with Gasteiger partial charge < -0.3 is 30.4 Å². The first kappa shape index (κ1) is 25.7. The number of anilines is 2. The van der Waals surface area contributed by atoms with E-state index in [2.05, 4.69) is 15.0 Å². The van der Waals surface area contributed by atoms with Gasteiger partial charge in [-0.1, -0.05) is 18.2 Å². The summed E-state index contributed by atoms with van der Waals surface area (Å²) in [6.07, 6.45) is 4.58. The molecule has 9 nitrogen and oxygen atoms in total. The number of aromatic nitrogens is 3. The fourth-order valence-electron chi connectivity index (χ4n) is 3.86. The topological polar surface area (TPSA) is 128 Å². The van der Waals surface area contributed by atoms with Gasteiger partial charge in [0, 0.05) is 43.6 Å². The summed E-state index contributed by atoms with van der Waals surface area (Å²) in [4.78, 5) is 12.6. The molecule has 0 fully saturated rings. The van der Waals surface area contributed by atoms with Crippen molar-refractivity contribution in [2.24, 2.45) is 0 Å². The number of nitrogen functional groups attached to an aromatic ring is 2. The highest BCUT2D eigenvalue weighted by molar-refractivity contribution is 5.78. The van der Waals surface area contributed by atoms with Crippen LogP contribution in [-0.2, 0) is 17.6 Å². The fourth-order valence-corrected chi connectivity index (χ4v) is 3.86. The van der Waals surface area contributed by atoms with E-state index in [1.54, 1.807) is 19.5 Å². The number of benzene rings is 2. The summed E-state index contributed by atoms with van der Waals surface area (Å²) in [6.45, 7) is 3.07. The first-order valence-corrected chi connectivity index (χ1v) is 12.0. The molecule has 4 rings (SSSR count). The second kappa shape index (κ2) is 12.5. The Morgan fingerprint density at radius 1 is 0.892 bits per heavy atom. The molecular formula is C28H31N5O4. The summed E-state index contributed by atoms with van der Waals surface area (Å²) in [5.74, 6) is 2.59. The lowest BCUT2D eigenvalue weighted by atomic mass is 9.98. The van der Waals surface area contributed by atoms with Crippen LogP contribution in [0.1, 0.15) is 23.7 Å². The molecule has 0 aliphatic rings. The maximum Gasteiger partial charge on any atom is 0.221 e. The average molecular weight is 502 g/mol. The van der Waals surface area contributed by atoms with Crippen molar-refractivity contribution in [2.75, 3.05) is 38.6 Å². The molecule has 0 aliphatic heterocycles. The van der Waals surface area contributed by atoms with Crippen molar-refractivity contribution in [2.45, 2.75) is 19.8 Å². The van der Waals surface area contributed by atoms with Gasteiger partial charge in [-0.05, 0) is 54.4 Å². The van der Waals surface area contributed by atoms with Crippen molar-refractivity contribution in [3.63, 3.8) is 0 Å². The van der Waals surface area contributed by atoms with E-state index in [0.717, 1.165) is 27.9 Å². The molecule has 0 saturated heterocycles. The molecule has 9 heteroatoms. The maximum atomic E-state index is 6.35. The Labute approximate surface area is 216 Å². The predicted octanol–water partition coefficient (Wildman–Crippen LogP) is 4.30. The summed E-state index contributed by atoms with van der Waals surface area (Å²) in [6, 6.07) is 17.6. The van der Waals surface area contributed by atoms with E-state index in [-0.39, 0.29) is 12.7 Å². The van der Waals surface area contributed by atoms with Crippen LogP contribution >= 0.6 is 0 Å². The molecular weight excluding hydrogens is 470 g/mol. The van der Waals surface area contributed by atoms with Gasteiger partial charge >= 0.3 is 0 Å². The Morgan fingerprint density at radius 2 is 1.68 bits per heavy atom. The number of nitrogens with zero attached hydrogens (tertiary/aromatic N) is 3. The lowest BCUT2D eigenvalue weighted by molar-refractivity contribution is 0.0511. The third-order valence-corrected chi connectivity index (χ3v) is 5.57. The zero-order valence-corrected chi connectivity index (χ0v) is 21.0. The first-order valence-electron chi connectivity index (χ1n) is 12.0. The Balaban J connectivity index is 1.70. The predicted molar refractivity (Wildman–Crippen MR) is 143 cm³/mol. The molecule has 0 bridgehead atoms. The van der Waals surface area contributed by atoms with Crippen molar-refractivity contribution in [1.82, 2.24) is 15.0 Å². The third-order valence-electron chi connectivity index (χ3n) is 5.57. The minimum absolute atomic E-state index is 0.142. The van der Waals surface area contributed by atoms with Crippen molar-refractivity contribution in [3.05, 3.63) is 83.8 Å². The number of hydrogen-bond acceptors (Lipinski definition) is 9. The highest BCUT2D eigenvalue weighted by atomic mass is 16.7. The largest absolute Gasteiger partial charge is 0.493 e. The lowest BCUT2D eigenvalue weighted by Gasteiger charge is -2.19. The highest BCUT2D eigenvalue weighted by Gasteiger charge is 2.17. The first-order chi connectivity index (χ1) is 18.1. The zero-order valence-electron chi connectivity index (χ0n) is 21.0. The summed E-state index contributed by atoms with van der Waals surface area (Å²) in [5, 5.41) is 0. The molecule has 192 valence electrons. The number of rotatable bonds is 12. The fraction of sp³-hybridized carbons (Fsp3) is 0.250. The molecule has 4 aromatic rings. The van der Waals surface area contributed by atoms with Gasteiger partial charge in [-0.15, -0.1) is 0 Å². The lowest BCUT2D eigenvalue weighted by Crippen LogP contribution is -2.07. The van der Waals surface area contributed by atoms with E-state index < -0.39 is 0 Å². The highest BCUT2D eigenvalue weighted by Crippen LogP contribution is 2.41. The van der Waals surface area contributed by atoms with Gasteiger partial charge in [-0.3, -0.25) is 4.98 Å². The van der Waals surface area contributed by atoms with Gasteiger partial charge in [0.1, 0.15) is 23.1 Å². The van der Waals surface area contributed by atoms with Crippen LogP contribution in [0.3, 0.4) is 0 Å². The molecule has 0 radical (unpaired) electrons. The van der Waals surface area contributed by atoms with Gasteiger partial charge in [0.2, 0.25) is 5.95 Å². The normalized spacial score (nSPS) is 10.8. The molecule has 0 unspecified atom stereocenters. The van der Waals surface area contributed by atoms with Crippen LogP contribution in [0.4, 0.5) is 11.8 Å². The van der Waals surface area contributed by atoms with Gasteiger partial charge in [-0.25, -0.2) is 4.98 Å². The summed E-state index contributed by atoms with van der Waals surface area (Å²) in [7, 11) is 1.59. The standard InChI is InChI=1S/C28H31N5O4/c1-3-35-24-15-19(14-21-17-32-28(30)33-27(21)29)16-25(36-13-11-22-6-4-5-12-31-22)26(24)20-7-9-23(10-8-20)37-18-34-2/h4-10,12,15-17H,3,11,13-14,18H2,1-2H3,(H4,29,30,32,33). The van der Waals surface area contributed by atoms with Gasteiger partial charge in [0.15, 0.2) is 6.79 Å². The quantitative estimate of drug-likeness (QED) is 0.273. The van der Waals surface area contributed by atoms with Crippen LogP contribution in [0.2, 0.25) is 0 Å². The van der Waals surface area contributed by atoms with Crippen LogP contribution in [-0.4, -0.2) is 42.1 Å². The Bertz CT molecular complexity index is 1300. The number of hydrogen-bond donors (Lipinski definition) is 2. The Hall–Kier alpha value is -4.37. The van der Waals surface area contributed by atoms with E-state index in [9.17, 15) is 0 Å². The SMILES string of the molecule is CCOc1cc(Cc2cnc(N)nc2N)cc(OCCc2ccccn2)c1-c1ccc(OCOC)cc1. The second-order valence-electron chi connectivity index (χ2n) is 8.21. The van der Waals surface area contributed by atoms with Gasteiger partial charge in [-0.2, -0.15) is 4.98 Å². The molecule has 0 spiro atoms. The summed E-state index contributed by atoms with van der Waals surface area (Å²) < 4.78 is 23.0. The molecule has 4 N–H and O–H groups in total. The van der Waals surface area contributed by atoms with Crippen LogP contribution in [0, 0.1) is 0 Å². The van der Waals surface area contributed by atoms with E-state index in [1.807, 2.05) is 61.5 Å². The second-order valence-corrected chi connectivity index (χ2v) is 8.21. The molecule has 0 saturated carbocycles. The van der Waals surface area contributed by atoms with Crippen LogP contribution in [0.25, 0.3) is 11.1 Å². The monoisotopic (exact) mass is 501 g/mol. The van der Waals surface area contributed by atoms with Crippen molar-refractivity contribution < 1.29 is 18.9 Å². The van der Waals surface area contributed by atoms with E-state index in [4.69, 9.17) is 30.4 Å². The number of ether oxygens (including phenoxy) is 4. The van der Waals surface area contributed by atoms with E-state index in [1.165, 1.54) is 0 Å². The average Bonchev–Trinajstić information content (AvgIpc) is 2.90. The molecule has 0 atom stereocenters. The smallest absolute Gasteiger partial charge is 0.221 e. The molecule has 37 heavy (non-hydrogen) atoms. The zero-order chi connectivity index (χ0) is 26.0. The third kappa shape index (κ3) is 6.86. The number of methoxy groups -OCH3 is 1. The van der Waals surface area contributed by atoms with Gasteiger partial charge in [0.25, 0.3) is 0 Å². The van der Waals surface area contributed by atoms with Crippen molar-refractivity contribution >= 4 is 11.8 Å². The van der Waals surface area contributed by atoms with E-state index in [0.29, 0.717) is 49.1 Å². The molecule has 2 aromatic carbocycles. The molecule has 2 aromatic heterocycles. The molecule has 2 heterocycles. The molecule has 0 amide bonds. The van der Waals surface area contributed by atoms with Crippen LogP contribution in [0.5, 0.6) is 17.2 Å². The Kier molecular flexibility index (Phi) is 8.72. The Morgan fingerprint density at radius 3 is 2.35 bits per heavy atom. The van der Waals surface area contributed by atoms with Crippen LogP contribution in [0.15, 0.2) is 67.0 Å². The maximum absolute atomic E-state index is 6.35. The minimum Gasteiger partial charge on any atom is -0.493 e. The summed E-state index contributed by atoms with van der Waals surface area (Å²) in [5.41, 5.74) is 16.2. The molecule has 0 aliphatic carbocycles. The van der Waals surface area contributed by atoms with E-state index >= 15 is 0 Å². The van der Waals surface area contributed by atoms with Gasteiger partial charge in [0.05, 0.1) is 18.8 Å². The number of pyridine rings is 1. The number of nitrogens with two attached hydrogens (primary N) is 2.